The van der Waals surface area contributed by atoms with Crippen molar-refractivity contribution < 1.29 is 8.83 Å². The van der Waals surface area contributed by atoms with Gasteiger partial charge in [-0.2, -0.15) is 0 Å². The molecule has 0 saturated heterocycles. The Morgan fingerprint density at radius 3 is 1.43 bits per heavy atom. The van der Waals surface area contributed by atoms with Gasteiger partial charge in [-0.25, -0.2) is 15.0 Å². The van der Waals surface area contributed by atoms with Gasteiger partial charge in [0.2, 0.25) is 0 Å². The van der Waals surface area contributed by atoms with Crippen LogP contribution in [-0.2, 0) is 0 Å². The lowest BCUT2D eigenvalue weighted by atomic mass is 9.93. The van der Waals surface area contributed by atoms with E-state index in [1.54, 1.807) is 0 Å². The molecule has 320 valence electrons. The van der Waals surface area contributed by atoms with Gasteiger partial charge < -0.3 is 13.4 Å². The highest BCUT2D eigenvalue weighted by Gasteiger charge is 2.23. The van der Waals surface area contributed by atoms with E-state index in [4.69, 9.17) is 23.8 Å². The lowest BCUT2D eigenvalue weighted by molar-refractivity contribution is 0.669. The zero-order valence-electron chi connectivity index (χ0n) is 36.9. The molecule has 69 heavy (non-hydrogen) atoms. The summed E-state index contributed by atoms with van der Waals surface area (Å²) in [6.07, 6.45) is 0. The van der Waals surface area contributed by atoms with Crippen molar-refractivity contribution in [3.8, 4) is 51.0 Å². The predicted molar refractivity (Wildman–Crippen MR) is 283 cm³/mol. The van der Waals surface area contributed by atoms with E-state index >= 15 is 0 Å². The molecule has 0 aliphatic carbocycles. The van der Waals surface area contributed by atoms with Crippen molar-refractivity contribution in [3.63, 3.8) is 0 Å². The number of fused-ring (bicyclic) bond motifs is 15. The highest BCUT2D eigenvalue weighted by molar-refractivity contribution is 6.26. The molecule has 0 spiro atoms. The van der Waals surface area contributed by atoms with Crippen LogP contribution in [0.15, 0.2) is 227 Å². The van der Waals surface area contributed by atoms with Gasteiger partial charge in [0.25, 0.3) is 0 Å². The first-order valence-corrected chi connectivity index (χ1v) is 23.3. The third kappa shape index (κ3) is 5.63. The van der Waals surface area contributed by atoms with Crippen molar-refractivity contribution >= 4 is 98.0 Å². The number of para-hydroxylation sites is 6. The summed E-state index contributed by atoms with van der Waals surface area (Å²) in [6, 6.07) is 76.8. The monoisotopic (exact) mass is 880 g/mol. The summed E-state index contributed by atoms with van der Waals surface area (Å²) < 4.78 is 16.1. The molecular formula is C63H36N4O2. The van der Waals surface area contributed by atoms with Gasteiger partial charge >= 0.3 is 0 Å². The minimum absolute atomic E-state index is 0.506. The molecule has 15 aromatic rings. The molecule has 0 radical (unpaired) electrons. The molecule has 4 heterocycles. The SMILES string of the molecule is c1ccc(-n2c3ccccc3c3ccc(-c4cccc5c4oc4c(-c6nc(-c7ccc8c9ccccc9c9ccccc9c8c7)nc(-c7cccc8c7oc7ccccc78)n6)cccc45)cc32)cc1. The molecule has 6 heteroatoms. The molecule has 4 aromatic heterocycles. The average Bonchev–Trinajstić information content (AvgIpc) is 4.11. The Morgan fingerprint density at radius 2 is 0.739 bits per heavy atom. The summed E-state index contributed by atoms with van der Waals surface area (Å²) in [5.74, 6) is 1.57. The second-order valence-corrected chi connectivity index (χ2v) is 17.8. The fourth-order valence-corrected chi connectivity index (χ4v) is 10.9. The van der Waals surface area contributed by atoms with Gasteiger partial charge in [0, 0.05) is 49.1 Å². The minimum Gasteiger partial charge on any atom is -0.455 e. The van der Waals surface area contributed by atoms with Crippen LogP contribution >= 0.6 is 0 Å². The Labute approximate surface area is 394 Å². The lowest BCUT2D eigenvalue weighted by Gasteiger charge is -2.12. The van der Waals surface area contributed by atoms with Crippen LogP contribution in [0, 0.1) is 0 Å². The number of hydrogen-bond acceptors (Lipinski definition) is 5. The molecule has 0 fully saturated rings. The molecule has 0 unspecified atom stereocenters. The normalized spacial score (nSPS) is 12.1. The Kier molecular flexibility index (Phi) is 7.97. The minimum atomic E-state index is 0.506. The van der Waals surface area contributed by atoms with Crippen LogP contribution in [0.25, 0.3) is 149 Å². The van der Waals surface area contributed by atoms with Crippen LogP contribution < -0.4 is 0 Å². The second kappa shape index (κ2) is 14.6. The molecule has 0 saturated carbocycles. The van der Waals surface area contributed by atoms with E-state index in [-0.39, 0.29) is 0 Å². The molecular weight excluding hydrogens is 845 g/mol. The van der Waals surface area contributed by atoms with E-state index in [2.05, 4.69) is 193 Å². The standard InChI is InChI=1S/C63H36N4O2/c1-2-15-39(16-3-1)67-55-29-10-8-21-46(55)47-34-31-37(36-56(47)67)40-23-12-25-50-51-26-14-28-53(60(51)69-58(40)50)63-65-61(64-62(66-63)52-27-13-24-49-48-22-9-11-30-57(48)68-59(49)52)38-32-33-45-43-19-5-4-17-41(43)42-18-6-7-20-44(42)54(45)35-38/h1-36H. The van der Waals surface area contributed by atoms with Crippen LogP contribution in [0.3, 0.4) is 0 Å². The Balaban J connectivity index is 0.957. The predicted octanol–water partition coefficient (Wildman–Crippen LogP) is 16.9. The van der Waals surface area contributed by atoms with Gasteiger partial charge in [0.1, 0.15) is 22.3 Å². The van der Waals surface area contributed by atoms with Crippen LogP contribution in [0.1, 0.15) is 0 Å². The largest absolute Gasteiger partial charge is 0.455 e. The van der Waals surface area contributed by atoms with Crippen LogP contribution in [0.2, 0.25) is 0 Å². The van der Waals surface area contributed by atoms with Crippen LogP contribution in [-0.4, -0.2) is 19.5 Å². The van der Waals surface area contributed by atoms with Gasteiger partial charge in [-0.1, -0.05) is 170 Å². The number of aromatic nitrogens is 4. The first-order valence-electron chi connectivity index (χ1n) is 23.3. The smallest absolute Gasteiger partial charge is 0.167 e. The number of nitrogens with zero attached hydrogens (tertiary/aromatic N) is 4. The highest BCUT2D eigenvalue weighted by Crippen LogP contribution is 2.43. The highest BCUT2D eigenvalue weighted by atomic mass is 16.3. The maximum Gasteiger partial charge on any atom is 0.167 e. The van der Waals surface area contributed by atoms with Gasteiger partial charge in [0.15, 0.2) is 17.5 Å². The van der Waals surface area contributed by atoms with E-state index in [0.29, 0.717) is 23.1 Å². The van der Waals surface area contributed by atoms with Crippen molar-refractivity contribution in [3.05, 3.63) is 218 Å². The van der Waals surface area contributed by atoms with E-state index in [0.717, 1.165) is 82.7 Å². The summed E-state index contributed by atoms with van der Waals surface area (Å²) in [5.41, 5.74) is 11.0. The number of furan rings is 2. The van der Waals surface area contributed by atoms with Gasteiger partial charge in [-0.3, -0.25) is 0 Å². The van der Waals surface area contributed by atoms with E-state index < -0.39 is 0 Å². The Hall–Kier alpha value is -9.39. The fourth-order valence-electron chi connectivity index (χ4n) is 10.9. The molecule has 0 atom stereocenters. The van der Waals surface area contributed by atoms with E-state index in [9.17, 15) is 0 Å². The molecule has 0 amide bonds. The first-order chi connectivity index (χ1) is 34.2. The molecule has 0 aliphatic rings. The summed E-state index contributed by atoms with van der Waals surface area (Å²) >= 11 is 0. The van der Waals surface area contributed by atoms with Gasteiger partial charge in [0.05, 0.1) is 22.2 Å². The second-order valence-electron chi connectivity index (χ2n) is 17.8. The number of benzene rings is 11. The maximum atomic E-state index is 7.13. The summed E-state index contributed by atoms with van der Waals surface area (Å²) in [5, 5.41) is 13.6. The Bertz CT molecular complexity index is 4580. The Morgan fingerprint density at radius 1 is 0.275 bits per heavy atom. The van der Waals surface area contributed by atoms with Crippen molar-refractivity contribution in [2.75, 3.05) is 0 Å². The lowest BCUT2D eigenvalue weighted by Crippen LogP contribution is -2.00. The van der Waals surface area contributed by atoms with Gasteiger partial charge in [-0.15, -0.1) is 0 Å². The maximum absolute atomic E-state index is 7.13. The quantitative estimate of drug-likeness (QED) is 0.161. The molecule has 15 rings (SSSR count). The van der Waals surface area contributed by atoms with Gasteiger partial charge in [-0.05, 0) is 86.4 Å². The molecule has 0 bridgehead atoms. The van der Waals surface area contributed by atoms with Crippen molar-refractivity contribution in [1.82, 2.24) is 19.5 Å². The molecule has 0 N–H and O–H groups in total. The topological polar surface area (TPSA) is 69.9 Å². The summed E-state index contributed by atoms with van der Waals surface area (Å²) in [4.78, 5) is 16.0. The summed E-state index contributed by atoms with van der Waals surface area (Å²) in [6.45, 7) is 0. The van der Waals surface area contributed by atoms with E-state index in [1.807, 2.05) is 30.3 Å². The third-order valence-electron chi connectivity index (χ3n) is 14.0. The fraction of sp³-hybridized carbons (Fsp3) is 0. The third-order valence-corrected chi connectivity index (χ3v) is 14.0. The average molecular weight is 881 g/mol. The van der Waals surface area contributed by atoms with Crippen molar-refractivity contribution in [1.29, 1.82) is 0 Å². The molecule has 0 aliphatic heterocycles. The van der Waals surface area contributed by atoms with Crippen LogP contribution in [0.5, 0.6) is 0 Å². The van der Waals surface area contributed by atoms with Crippen LogP contribution in [0.4, 0.5) is 0 Å². The van der Waals surface area contributed by atoms with Crippen molar-refractivity contribution in [2.45, 2.75) is 0 Å². The number of hydrogen-bond donors (Lipinski definition) is 0. The summed E-state index contributed by atoms with van der Waals surface area (Å²) in [7, 11) is 0. The molecule has 11 aromatic carbocycles. The van der Waals surface area contributed by atoms with E-state index in [1.165, 1.54) is 43.2 Å². The number of rotatable bonds is 5. The zero-order valence-corrected chi connectivity index (χ0v) is 36.9. The molecule has 6 nitrogen and oxygen atoms in total. The first kappa shape index (κ1) is 37.8. The van der Waals surface area contributed by atoms with Crippen molar-refractivity contribution in [2.24, 2.45) is 0 Å². The zero-order chi connectivity index (χ0) is 45.2.